The van der Waals surface area contributed by atoms with Crippen LogP contribution >= 0.6 is 24.0 Å². The van der Waals surface area contributed by atoms with Crippen molar-refractivity contribution in [1.82, 2.24) is 9.88 Å². The molecule has 1 N–H and O–H groups in total. The number of hydrogen-bond acceptors (Lipinski definition) is 3. The van der Waals surface area contributed by atoms with E-state index in [0.717, 1.165) is 4.32 Å². The van der Waals surface area contributed by atoms with E-state index in [4.69, 9.17) is 12.2 Å². The lowest BCUT2D eigenvalue weighted by Crippen LogP contribution is -2.17. The van der Waals surface area contributed by atoms with Gasteiger partial charge in [-0.25, -0.2) is 0 Å². The summed E-state index contributed by atoms with van der Waals surface area (Å²) in [4.78, 5) is 16.5. The number of thiocarbonyl (C=S) groups is 1. The standard InChI is InChI=1S/C11H14N2OS2/c1-8(7-16-11(15)13(2)3)10(14)9-5-4-6-12-9/h4-6,12H,1,7H2,2-3H3. The van der Waals surface area contributed by atoms with E-state index in [2.05, 4.69) is 11.6 Å². The lowest BCUT2D eigenvalue weighted by Gasteiger charge is -2.12. The van der Waals surface area contributed by atoms with Crippen molar-refractivity contribution < 1.29 is 4.79 Å². The molecular formula is C11H14N2OS2. The minimum atomic E-state index is -0.0564. The number of carbonyl (C=O) groups is 1. The van der Waals surface area contributed by atoms with Crippen LogP contribution in [0.1, 0.15) is 10.5 Å². The lowest BCUT2D eigenvalue weighted by atomic mass is 10.2. The molecule has 0 saturated heterocycles. The Hall–Kier alpha value is -1.07. The summed E-state index contributed by atoms with van der Waals surface area (Å²) >= 11 is 6.55. The fourth-order valence-electron chi connectivity index (χ4n) is 1.01. The van der Waals surface area contributed by atoms with Gasteiger partial charge in [-0.2, -0.15) is 0 Å². The Kier molecular flexibility index (Phi) is 4.76. The molecule has 5 heteroatoms. The summed E-state index contributed by atoms with van der Waals surface area (Å²) in [5.41, 5.74) is 1.12. The average molecular weight is 254 g/mol. The first-order chi connectivity index (χ1) is 7.52. The van der Waals surface area contributed by atoms with Gasteiger partial charge in [0.2, 0.25) is 5.78 Å². The molecule has 16 heavy (non-hydrogen) atoms. The quantitative estimate of drug-likeness (QED) is 0.508. The summed E-state index contributed by atoms with van der Waals surface area (Å²) in [6.07, 6.45) is 1.72. The van der Waals surface area contributed by atoms with E-state index >= 15 is 0 Å². The monoisotopic (exact) mass is 254 g/mol. The smallest absolute Gasteiger partial charge is 0.205 e. The maximum atomic E-state index is 11.8. The van der Waals surface area contributed by atoms with Crippen LogP contribution in [0.5, 0.6) is 0 Å². The molecule has 0 aliphatic carbocycles. The molecule has 0 aromatic carbocycles. The molecule has 0 radical (unpaired) electrons. The van der Waals surface area contributed by atoms with Crippen molar-refractivity contribution in [3.63, 3.8) is 0 Å². The highest BCUT2D eigenvalue weighted by Gasteiger charge is 2.12. The van der Waals surface area contributed by atoms with Crippen molar-refractivity contribution in [2.24, 2.45) is 0 Å². The van der Waals surface area contributed by atoms with Crippen LogP contribution in [0.25, 0.3) is 0 Å². The second-order valence-corrected chi connectivity index (χ2v) is 5.07. The zero-order valence-corrected chi connectivity index (χ0v) is 11.0. The largest absolute Gasteiger partial charge is 0.364 e. The molecule has 0 spiro atoms. The number of Topliss-reactive ketones (excluding diaryl/α,β-unsaturated/α-hetero) is 1. The van der Waals surface area contributed by atoms with Crippen molar-refractivity contribution in [3.05, 3.63) is 36.2 Å². The number of aromatic nitrogens is 1. The molecule has 1 aromatic heterocycles. The third-order valence-corrected chi connectivity index (χ3v) is 3.72. The average Bonchev–Trinajstić information content (AvgIpc) is 2.77. The molecule has 0 atom stereocenters. The zero-order chi connectivity index (χ0) is 12.1. The molecule has 0 saturated carbocycles. The summed E-state index contributed by atoms with van der Waals surface area (Å²) in [5.74, 6) is 0.466. The van der Waals surface area contributed by atoms with E-state index < -0.39 is 0 Å². The minimum absolute atomic E-state index is 0.0564. The summed E-state index contributed by atoms with van der Waals surface area (Å²) in [7, 11) is 3.76. The second-order valence-electron chi connectivity index (χ2n) is 3.47. The highest BCUT2D eigenvalue weighted by atomic mass is 32.2. The Morgan fingerprint density at radius 1 is 1.62 bits per heavy atom. The first-order valence-corrected chi connectivity index (χ1v) is 6.11. The Morgan fingerprint density at radius 2 is 2.31 bits per heavy atom. The fraction of sp³-hybridized carbons (Fsp3) is 0.273. The first kappa shape index (κ1) is 13.0. The first-order valence-electron chi connectivity index (χ1n) is 4.72. The molecule has 0 bridgehead atoms. The second kappa shape index (κ2) is 5.86. The highest BCUT2D eigenvalue weighted by Crippen LogP contribution is 2.14. The van der Waals surface area contributed by atoms with Gasteiger partial charge in [0.25, 0.3) is 0 Å². The SMILES string of the molecule is C=C(CSC(=S)N(C)C)C(=O)c1ccc[nH]1. The number of ketones is 1. The molecule has 0 fully saturated rings. The molecule has 0 amide bonds. The molecule has 1 heterocycles. The van der Waals surface area contributed by atoms with E-state index in [9.17, 15) is 4.79 Å². The maximum Gasteiger partial charge on any atom is 0.205 e. The Balaban J connectivity index is 2.48. The molecule has 86 valence electrons. The van der Waals surface area contributed by atoms with E-state index in [1.807, 2.05) is 19.0 Å². The number of H-pyrrole nitrogens is 1. The van der Waals surface area contributed by atoms with Crippen molar-refractivity contribution >= 4 is 34.1 Å². The van der Waals surface area contributed by atoms with Crippen molar-refractivity contribution in [2.75, 3.05) is 19.8 Å². The van der Waals surface area contributed by atoms with Gasteiger partial charge >= 0.3 is 0 Å². The zero-order valence-electron chi connectivity index (χ0n) is 9.32. The Labute approximate surface area is 105 Å². The number of thioether (sulfide) groups is 1. The Morgan fingerprint density at radius 3 is 2.81 bits per heavy atom. The fourth-order valence-corrected chi connectivity index (χ4v) is 1.87. The molecule has 1 aromatic rings. The molecule has 1 rings (SSSR count). The molecule has 0 aliphatic heterocycles. The van der Waals surface area contributed by atoms with Gasteiger partial charge in [0.1, 0.15) is 4.32 Å². The number of hydrogen-bond donors (Lipinski definition) is 1. The lowest BCUT2D eigenvalue weighted by molar-refractivity contribution is 0.103. The van der Waals surface area contributed by atoms with Gasteiger partial charge in [0.05, 0.1) is 5.69 Å². The third-order valence-electron chi connectivity index (χ3n) is 1.90. The predicted molar refractivity (Wildman–Crippen MR) is 73.0 cm³/mol. The molecule has 3 nitrogen and oxygen atoms in total. The van der Waals surface area contributed by atoms with Crippen molar-refractivity contribution in [1.29, 1.82) is 0 Å². The van der Waals surface area contributed by atoms with Crippen LogP contribution in [0.2, 0.25) is 0 Å². The summed E-state index contributed by atoms with van der Waals surface area (Å²) in [6, 6.07) is 3.53. The van der Waals surface area contributed by atoms with Gasteiger partial charge in [-0.1, -0.05) is 30.6 Å². The van der Waals surface area contributed by atoms with Crippen molar-refractivity contribution in [2.45, 2.75) is 0 Å². The summed E-state index contributed by atoms with van der Waals surface area (Å²) < 4.78 is 0.750. The molecular weight excluding hydrogens is 240 g/mol. The third kappa shape index (κ3) is 3.50. The summed E-state index contributed by atoms with van der Waals surface area (Å²) in [6.45, 7) is 3.77. The van der Waals surface area contributed by atoms with Crippen LogP contribution in [0.4, 0.5) is 0 Å². The predicted octanol–water partition coefficient (Wildman–Crippen LogP) is 2.33. The number of nitrogens with one attached hydrogen (secondary N) is 1. The van der Waals surface area contributed by atoms with Crippen LogP contribution in [0.3, 0.4) is 0 Å². The highest BCUT2D eigenvalue weighted by molar-refractivity contribution is 8.23. The maximum absolute atomic E-state index is 11.8. The van der Waals surface area contributed by atoms with Crippen LogP contribution in [0.15, 0.2) is 30.5 Å². The summed E-state index contributed by atoms with van der Waals surface area (Å²) in [5, 5.41) is 0. The number of nitrogens with zero attached hydrogens (tertiary/aromatic N) is 1. The van der Waals surface area contributed by atoms with E-state index in [1.165, 1.54) is 11.8 Å². The van der Waals surface area contributed by atoms with Crippen molar-refractivity contribution in [3.8, 4) is 0 Å². The van der Waals surface area contributed by atoms with Gasteiger partial charge in [-0.15, -0.1) is 0 Å². The van der Waals surface area contributed by atoms with E-state index in [0.29, 0.717) is 17.0 Å². The van der Waals surface area contributed by atoms with Crippen LogP contribution in [-0.4, -0.2) is 39.8 Å². The van der Waals surface area contributed by atoms with E-state index in [-0.39, 0.29) is 5.78 Å². The normalized spacial score (nSPS) is 9.88. The molecule has 0 unspecified atom stereocenters. The molecule has 0 aliphatic rings. The number of rotatable bonds is 4. The van der Waals surface area contributed by atoms with Gasteiger partial charge in [-0.3, -0.25) is 4.79 Å². The van der Waals surface area contributed by atoms with Gasteiger partial charge in [0, 0.05) is 31.6 Å². The van der Waals surface area contributed by atoms with E-state index in [1.54, 1.807) is 18.3 Å². The number of carbonyl (C=O) groups excluding carboxylic acids is 1. The topological polar surface area (TPSA) is 36.1 Å². The Bertz CT molecular complexity index is 396. The van der Waals surface area contributed by atoms with Gasteiger partial charge in [0.15, 0.2) is 0 Å². The van der Waals surface area contributed by atoms with Gasteiger partial charge in [-0.05, 0) is 12.1 Å². The van der Waals surface area contributed by atoms with Gasteiger partial charge < -0.3 is 9.88 Å². The minimum Gasteiger partial charge on any atom is -0.364 e. The van der Waals surface area contributed by atoms with Crippen LogP contribution in [0, 0.1) is 0 Å². The number of aromatic amines is 1. The van der Waals surface area contributed by atoms with Crippen LogP contribution in [-0.2, 0) is 0 Å². The van der Waals surface area contributed by atoms with Crippen LogP contribution < -0.4 is 0 Å².